The van der Waals surface area contributed by atoms with Crippen LogP contribution in [-0.2, 0) is 15.8 Å². The largest absolute Gasteiger partial charge is 0.416 e. The molecular formula is C13H11F3N2O2. The predicted octanol–water partition coefficient (Wildman–Crippen LogP) is 1.74. The molecule has 1 aromatic rings. The number of benzene rings is 1. The lowest BCUT2D eigenvalue weighted by Crippen LogP contribution is -2.34. The van der Waals surface area contributed by atoms with Gasteiger partial charge < -0.3 is 10.2 Å². The highest BCUT2D eigenvalue weighted by Gasteiger charge is 2.29. The first kappa shape index (κ1) is 15.6. The van der Waals surface area contributed by atoms with E-state index in [1.807, 2.05) is 5.92 Å². The summed E-state index contributed by atoms with van der Waals surface area (Å²) in [6.07, 6.45) is 0.451. The Morgan fingerprint density at radius 1 is 1.30 bits per heavy atom. The number of nitrogens with zero attached hydrogens (tertiary/aromatic N) is 1. The molecule has 1 aromatic carbocycles. The molecule has 106 valence electrons. The molecule has 1 N–H and O–H groups in total. The summed E-state index contributed by atoms with van der Waals surface area (Å²) in [5.74, 6) is 0.621. The molecule has 0 heterocycles. The summed E-state index contributed by atoms with van der Waals surface area (Å²) in [4.78, 5) is 23.6. The van der Waals surface area contributed by atoms with Crippen LogP contribution in [0.2, 0.25) is 0 Å². The lowest BCUT2D eigenvalue weighted by Gasteiger charge is -2.14. The van der Waals surface area contributed by atoms with Gasteiger partial charge in [0.05, 0.1) is 5.56 Å². The second-order valence-corrected chi connectivity index (χ2v) is 3.93. The molecule has 4 nitrogen and oxygen atoms in total. The number of alkyl halides is 3. The molecular weight excluding hydrogens is 273 g/mol. The van der Waals surface area contributed by atoms with Gasteiger partial charge in [0.1, 0.15) is 6.54 Å². The Balaban J connectivity index is 2.64. The van der Waals surface area contributed by atoms with Gasteiger partial charge in [0.25, 0.3) is 5.91 Å². The van der Waals surface area contributed by atoms with Crippen LogP contribution in [0.15, 0.2) is 24.3 Å². The molecule has 0 aromatic heterocycles. The SMILES string of the molecule is C#CC(=O)N(C)CC(=O)Nc1ccc(C(F)(F)F)cc1. The molecule has 0 aliphatic rings. The highest BCUT2D eigenvalue weighted by atomic mass is 19.4. The Labute approximate surface area is 113 Å². The number of terminal acetylenes is 1. The zero-order valence-corrected chi connectivity index (χ0v) is 10.5. The van der Waals surface area contributed by atoms with Gasteiger partial charge in [-0.25, -0.2) is 0 Å². The monoisotopic (exact) mass is 284 g/mol. The zero-order valence-electron chi connectivity index (χ0n) is 10.5. The van der Waals surface area contributed by atoms with E-state index in [0.29, 0.717) is 0 Å². The first-order valence-electron chi connectivity index (χ1n) is 5.43. The fourth-order valence-corrected chi connectivity index (χ4v) is 1.34. The maximum absolute atomic E-state index is 12.3. The number of rotatable bonds is 3. The molecule has 0 fully saturated rings. The number of likely N-dealkylation sites (N-methyl/N-ethyl adjacent to an activating group) is 1. The van der Waals surface area contributed by atoms with E-state index in [2.05, 4.69) is 5.32 Å². The summed E-state index contributed by atoms with van der Waals surface area (Å²) in [6, 6.07) is 3.96. The molecule has 2 amide bonds. The smallest absolute Gasteiger partial charge is 0.326 e. The maximum atomic E-state index is 12.3. The molecule has 0 saturated carbocycles. The van der Waals surface area contributed by atoms with Crippen molar-refractivity contribution in [2.45, 2.75) is 6.18 Å². The van der Waals surface area contributed by atoms with Gasteiger partial charge in [-0.15, -0.1) is 6.42 Å². The van der Waals surface area contributed by atoms with Crippen LogP contribution in [0.5, 0.6) is 0 Å². The first-order valence-corrected chi connectivity index (χ1v) is 5.43. The van der Waals surface area contributed by atoms with Gasteiger partial charge in [-0.05, 0) is 30.2 Å². The van der Waals surface area contributed by atoms with Crippen LogP contribution in [0.1, 0.15) is 5.56 Å². The second-order valence-electron chi connectivity index (χ2n) is 3.93. The van der Waals surface area contributed by atoms with Crippen LogP contribution in [0, 0.1) is 12.3 Å². The summed E-state index contributed by atoms with van der Waals surface area (Å²) in [5.41, 5.74) is -0.611. The summed E-state index contributed by atoms with van der Waals surface area (Å²) in [6.45, 7) is -0.288. The molecule has 20 heavy (non-hydrogen) atoms. The van der Waals surface area contributed by atoms with Crippen LogP contribution in [0.3, 0.4) is 0 Å². The van der Waals surface area contributed by atoms with E-state index in [-0.39, 0.29) is 12.2 Å². The minimum Gasteiger partial charge on any atom is -0.326 e. The highest BCUT2D eigenvalue weighted by Crippen LogP contribution is 2.29. The normalized spacial score (nSPS) is 10.6. The summed E-state index contributed by atoms with van der Waals surface area (Å²) in [5, 5.41) is 2.36. The van der Waals surface area contributed by atoms with E-state index >= 15 is 0 Å². The lowest BCUT2D eigenvalue weighted by atomic mass is 10.2. The third kappa shape index (κ3) is 4.31. The van der Waals surface area contributed by atoms with E-state index in [0.717, 1.165) is 29.2 Å². The molecule has 0 aliphatic heterocycles. The summed E-state index contributed by atoms with van der Waals surface area (Å²) < 4.78 is 37.0. The summed E-state index contributed by atoms with van der Waals surface area (Å²) >= 11 is 0. The van der Waals surface area contributed by atoms with Gasteiger partial charge in [0.2, 0.25) is 5.91 Å². The standard InChI is InChI=1S/C13H11F3N2O2/c1-3-12(20)18(2)8-11(19)17-10-6-4-9(5-7-10)13(14,15)16/h1,4-7H,8H2,2H3,(H,17,19). The Morgan fingerprint density at radius 2 is 1.85 bits per heavy atom. The number of amides is 2. The fraction of sp³-hybridized carbons (Fsp3) is 0.231. The van der Waals surface area contributed by atoms with Crippen molar-refractivity contribution in [3.8, 4) is 12.3 Å². The summed E-state index contributed by atoms with van der Waals surface area (Å²) in [7, 11) is 1.34. The Hall–Kier alpha value is -2.49. The quantitative estimate of drug-likeness (QED) is 0.859. The van der Waals surface area contributed by atoms with Gasteiger partial charge in [-0.3, -0.25) is 9.59 Å². The minimum absolute atomic E-state index is 0.199. The average Bonchev–Trinajstić information content (AvgIpc) is 2.37. The van der Waals surface area contributed by atoms with Crippen molar-refractivity contribution >= 4 is 17.5 Å². The second kappa shape index (κ2) is 6.10. The zero-order chi connectivity index (χ0) is 15.3. The van der Waals surface area contributed by atoms with Gasteiger partial charge in [0.15, 0.2) is 0 Å². The van der Waals surface area contributed by atoms with Gasteiger partial charge >= 0.3 is 6.18 Å². The molecule has 0 saturated heterocycles. The van der Waals surface area contributed by atoms with Gasteiger partial charge in [0, 0.05) is 12.7 Å². The highest BCUT2D eigenvalue weighted by molar-refractivity contribution is 5.98. The van der Waals surface area contributed by atoms with Crippen LogP contribution in [0.25, 0.3) is 0 Å². The molecule has 0 bridgehead atoms. The Morgan fingerprint density at radius 3 is 2.30 bits per heavy atom. The van der Waals surface area contributed by atoms with Crippen molar-refractivity contribution in [2.75, 3.05) is 18.9 Å². The topological polar surface area (TPSA) is 49.4 Å². The van der Waals surface area contributed by atoms with Crippen LogP contribution >= 0.6 is 0 Å². The van der Waals surface area contributed by atoms with Crippen molar-refractivity contribution in [3.63, 3.8) is 0 Å². The van der Waals surface area contributed by atoms with Crippen LogP contribution in [0.4, 0.5) is 18.9 Å². The van der Waals surface area contributed by atoms with Gasteiger partial charge in [-0.1, -0.05) is 0 Å². The van der Waals surface area contributed by atoms with Gasteiger partial charge in [-0.2, -0.15) is 13.2 Å². The fourth-order valence-electron chi connectivity index (χ4n) is 1.34. The number of nitrogens with one attached hydrogen (secondary N) is 1. The number of halogens is 3. The van der Waals surface area contributed by atoms with Crippen molar-refractivity contribution < 1.29 is 22.8 Å². The maximum Gasteiger partial charge on any atom is 0.416 e. The van der Waals surface area contributed by atoms with E-state index in [1.54, 1.807) is 0 Å². The molecule has 7 heteroatoms. The van der Waals surface area contributed by atoms with E-state index in [9.17, 15) is 22.8 Å². The van der Waals surface area contributed by atoms with E-state index in [1.165, 1.54) is 7.05 Å². The minimum atomic E-state index is -4.43. The molecule has 0 aliphatic carbocycles. The van der Waals surface area contributed by atoms with E-state index in [4.69, 9.17) is 6.42 Å². The molecule has 0 radical (unpaired) electrons. The third-order valence-corrected chi connectivity index (χ3v) is 2.35. The first-order chi connectivity index (χ1) is 9.24. The van der Waals surface area contributed by atoms with Crippen molar-refractivity contribution in [3.05, 3.63) is 29.8 Å². The number of carbonyl (C=O) groups is 2. The van der Waals surface area contributed by atoms with Crippen molar-refractivity contribution in [1.82, 2.24) is 4.90 Å². The predicted molar refractivity (Wildman–Crippen MR) is 66.5 cm³/mol. The molecule has 0 spiro atoms. The number of hydrogen-bond acceptors (Lipinski definition) is 2. The number of hydrogen-bond donors (Lipinski definition) is 1. The number of carbonyl (C=O) groups excluding carboxylic acids is 2. The van der Waals surface area contributed by atoms with Crippen LogP contribution in [-0.4, -0.2) is 30.3 Å². The van der Waals surface area contributed by atoms with Crippen molar-refractivity contribution in [1.29, 1.82) is 0 Å². The van der Waals surface area contributed by atoms with Crippen molar-refractivity contribution in [2.24, 2.45) is 0 Å². The third-order valence-electron chi connectivity index (χ3n) is 2.35. The Kier molecular flexibility index (Phi) is 4.75. The van der Waals surface area contributed by atoms with E-state index < -0.39 is 23.6 Å². The Bertz CT molecular complexity index is 544. The van der Waals surface area contributed by atoms with Crippen LogP contribution < -0.4 is 5.32 Å². The molecule has 1 rings (SSSR count). The molecule has 0 atom stereocenters. The lowest BCUT2D eigenvalue weighted by molar-refractivity contribution is -0.137. The number of anilines is 1. The average molecular weight is 284 g/mol. The molecule has 0 unspecified atom stereocenters.